The number of amides is 2. The van der Waals surface area contributed by atoms with Crippen LogP contribution in [0.15, 0.2) is 18.2 Å². The minimum atomic E-state index is -3.04. The number of carbonyl (C=O) groups excluding carboxylic acids is 3. The predicted molar refractivity (Wildman–Crippen MR) is 106 cm³/mol. The second-order valence-electron chi connectivity index (χ2n) is 7.31. The molecule has 0 radical (unpaired) electrons. The Morgan fingerprint density at radius 3 is 2.61 bits per heavy atom. The van der Waals surface area contributed by atoms with Crippen molar-refractivity contribution in [3.05, 3.63) is 29.6 Å². The number of carbonyl (C=O) groups is 3. The molecule has 1 aromatic carbocycles. The van der Waals surface area contributed by atoms with Gasteiger partial charge in [0.25, 0.3) is 0 Å². The van der Waals surface area contributed by atoms with Crippen molar-refractivity contribution < 1.29 is 41.4 Å². The third-order valence-corrected chi connectivity index (χ3v) is 6.81. The van der Waals surface area contributed by atoms with E-state index in [9.17, 15) is 27.2 Å². The van der Waals surface area contributed by atoms with E-state index in [4.69, 9.17) is 4.74 Å². The van der Waals surface area contributed by atoms with E-state index in [0.29, 0.717) is 24.1 Å². The van der Waals surface area contributed by atoms with E-state index in [-0.39, 0.29) is 30.5 Å². The van der Waals surface area contributed by atoms with Gasteiger partial charge in [0.05, 0.1) is 30.3 Å². The molecular formula is C19H23FN2O8S. The molecule has 1 aromatic rings. The van der Waals surface area contributed by atoms with E-state index in [0.717, 1.165) is 0 Å². The van der Waals surface area contributed by atoms with Crippen molar-refractivity contribution >= 4 is 33.7 Å². The molecule has 31 heavy (non-hydrogen) atoms. The van der Waals surface area contributed by atoms with E-state index in [1.807, 2.05) is 0 Å². The summed E-state index contributed by atoms with van der Waals surface area (Å²) in [5.74, 6) is -1.21. The second-order valence-corrected chi connectivity index (χ2v) is 9.62. The van der Waals surface area contributed by atoms with Crippen LogP contribution < -0.4 is 10.2 Å². The zero-order valence-corrected chi connectivity index (χ0v) is 17.7. The van der Waals surface area contributed by atoms with Crippen LogP contribution in [-0.2, 0) is 28.8 Å². The molecule has 10 nitrogen and oxygen atoms in total. The number of sulfone groups is 1. The predicted octanol–water partition coefficient (Wildman–Crippen LogP) is 1.69. The molecular weight excluding hydrogens is 435 g/mol. The third kappa shape index (κ3) is 6.06. The van der Waals surface area contributed by atoms with Crippen LogP contribution in [0.25, 0.3) is 0 Å². The summed E-state index contributed by atoms with van der Waals surface area (Å²) in [4.78, 5) is 35.5. The molecule has 1 N–H and O–H groups in total. The summed E-state index contributed by atoms with van der Waals surface area (Å²) in [5, 5.41) is 2.38. The molecule has 2 aliphatic rings. The van der Waals surface area contributed by atoms with Crippen LogP contribution in [0.5, 0.6) is 0 Å². The fraction of sp³-hybridized carbons (Fsp3) is 0.526. The number of halogens is 1. The summed E-state index contributed by atoms with van der Waals surface area (Å²) in [6, 6.07) is 4.38. The smallest absolute Gasteiger partial charge is 0.414 e. The second kappa shape index (κ2) is 9.50. The number of anilines is 1. The largest absolute Gasteiger partial charge is 0.442 e. The number of benzene rings is 1. The molecule has 170 valence electrons. The highest BCUT2D eigenvalue weighted by Gasteiger charge is 2.33. The maximum Gasteiger partial charge on any atom is 0.414 e. The Bertz CT molecular complexity index is 954. The van der Waals surface area contributed by atoms with E-state index in [2.05, 4.69) is 14.8 Å². The van der Waals surface area contributed by atoms with Gasteiger partial charge in [0.2, 0.25) is 6.79 Å². The molecule has 0 aromatic heterocycles. The standard InChI is InChI=1S/C19H23FN2O8S/c1-12(23)28-11-29-18(24)21-9-15-10-22(19(25)30-15)14-2-3-16(17(20)8-14)13-4-6-31(26,27)7-5-13/h2-3,8,13,15H,4-7,9-11H2,1H3,(H,21,24)/t15-/m0/s1. The molecule has 2 aliphatic heterocycles. The molecule has 0 spiro atoms. The highest BCUT2D eigenvalue weighted by molar-refractivity contribution is 7.91. The Labute approximate surface area is 178 Å². The molecule has 2 saturated heterocycles. The quantitative estimate of drug-likeness (QED) is 0.504. The molecule has 0 bridgehead atoms. The summed E-state index contributed by atoms with van der Waals surface area (Å²) in [6.07, 6.45) is -1.48. The van der Waals surface area contributed by atoms with Crippen LogP contribution in [-0.4, -0.2) is 64.1 Å². The molecule has 2 fully saturated rings. The van der Waals surface area contributed by atoms with Crippen LogP contribution in [0.2, 0.25) is 0 Å². The topological polar surface area (TPSA) is 128 Å². The highest BCUT2D eigenvalue weighted by atomic mass is 32.2. The molecule has 0 aliphatic carbocycles. The normalized spacial score (nSPS) is 20.8. The van der Waals surface area contributed by atoms with Gasteiger partial charge in [-0.2, -0.15) is 0 Å². The van der Waals surface area contributed by atoms with Gasteiger partial charge in [0, 0.05) is 6.92 Å². The lowest BCUT2D eigenvalue weighted by atomic mass is 9.93. The van der Waals surface area contributed by atoms with Crippen molar-refractivity contribution in [2.75, 3.05) is 36.3 Å². The number of esters is 1. The molecule has 3 rings (SSSR count). The zero-order chi connectivity index (χ0) is 22.6. The van der Waals surface area contributed by atoms with Gasteiger partial charge in [-0.1, -0.05) is 6.07 Å². The average molecular weight is 458 g/mol. The molecule has 1 atom stereocenters. The zero-order valence-electron chi connectivity index (χ0n) is 16.8. The number of alkyl carbamates (subject to hydrolysis) is 1. The maximum absolute atomic E-state index is 14.7. The van der Waals surface area contributed by atoms with Crippen LogP contribution in [0.4, 0.5) is 19.7 Å². The van der Waals surface area contributed by atoms with Gasteiger partial charge >= 0.3 is 18.2 Å². The number of cyclic esters (lactones) is 1. The fourth-order valence-corrected chi connectivity index (χ4v) is 4.96. The first-order valence-corrected chi connectivity index (χ1v) is 11.5. The fourth-order valence-electron chi connectivity index (χ4n) is 3.47. The minimum Gasteiger partial charge on any atom is -0.442 e. The highest BCUT2D eigenvalue weighted by Crippen LogP contribution is 2.33. The lowest BCUT2D eigenvalue weighted by molar-refractivity contribution is -0.149. The Hall–Kier alpha value is -2.89. The van der Waals surface area contributed by atoms with E-state index in [1.165, 1.54) is 17.9 Å². The molecule has 2 heterocycles. The minimum absolute atomic E-state index is 0.0370. The van der Waals surface area contributed by atoms with Gasteiger partial charge < -0.3 is 19.5 Å². The van der Waals surface area contributed by atoms with Crippen molar-refractivity contribution in [3.8, 4) is 0 Å². The van der Waals surface area contributed by atoms with Crippen LogP contribution in [0, 0.1) is 5.82 Å². The number of hydrogen-bond acceptors (Lipinski definition) is 8. The first-order valence-electron chi connectivity index (χ1n) is 9.66. The van der Waals surface area contributed by atoms with Crippen molar-refractivity contribution in [1.82, 2.24) is 5.32 Å². The molecule has 2 amide bonds. The van der Waals surface area contributed by atoms with Crippen LogP contribution in [0.3, 0.4) is 0 Å². The number of ether oxygens (including phenoxy) is 3. The van der Waals surface area contributed by atoms with Gasteiger partial charge in [0.1, 0.15) is 21.8 Å². The lowest BCUT2D eigenvalue weighted by Gasteiger charge is -2.23. The van der Waals surface area contributed by atoms with Crippen molar-refractivity contribution in [2.24, 2.45) is 0 Å². The summed E-state index contributed by atoms with van der Waals surface area (Å²) in [5.41, 5.74) is 0.731. The lowest BCUT2D eigenvalue weighted by Crippen LogP contribution is -2.35. The SMILES string of the molecule is CC(=O)OCOC(=O)NC[C@H]1CN(c2ccc(C3CCS(=O)(=O)CC3)c(F)c2)C(=O)O1. The summed E-state index contributed by atoms with van der Waals surface area (Å²) in [6.45, 7) is 0.681. The first kappa shape index (κ1) is 22.8. The molecule has 0 saturated carbocycles. The van der Waals surface area contributed by atoms with Gasteiger partial charge in [-0.25, -0.2) is 22.4 Å². The van der Waals surface area contributed by atoms with E-state index in [1.54, 1.807) is 12.1 Å². The number of rotatable bonds is 6. The maximum atomic E-state index is 14.7. The molecule has 0 unspecified atom stereocenters. The Kier molecular flexibility index (Phi) is 6.98. The van der Waals surface area contributed by atoms with Gasteiger partial charge in [-0.15, -0.1) is 0 Å². The summed E-state index contributed by atoms with van der Waals surface area (Å²) < 4.78 is 52.1. The third-order valence-electron chi connectivity index (χ3n) is 5.09. The average Bonchev–Trinajstić information content (AvgIpc) is 3.07. The monoisotopic (exact) mass is 458 g/mol. The Morgan fingerprint density at radius 1 is 1.26 bits per heavy atom. The molecule has 12 heteroatoms. The first-order chi connectivity index (χ1) is 14.6. The van der Waals surface area contributed by atoms with Crippen LogP contribution in [0.1, 0.15) is 31.2 Å². The van der Waals surface area contributed by atoms with Crippen molar-refractivity contribution in [2.45, 2.75) is 31.8 Å². The Morgan fingerprint density at radius 2 is 1.97 bits per heavy atom. The van der Waals surface area contributed by atoms with Crippen molar-refractivity contribution in [3.63, 3.8) is 0 Å². The summed E-state index contributed by atoms with van der Waals surface area (Å²) >= 11 is 0. The number of nitrogens with zero attached hydrogens (tertiary/aromatic N) is 1. The summed E-state index contributed by atoms with van der Waals surface area (Å²) in [7, 11) is -3.04. The number of hydrogen-bond donors (Lipinski definition) is 1. The van der Waals surface area contributed by atoms with Gasteiger partial charge in [0.15, 0.2) is 0 Å². The van der Waals surface area contributed by atoms with E-state index < -0.39 is 46.7 Å². The van der Waals surface area contributed by atoms with Crippen molar-refractivity contribution in [1.29, 1.82) is 0 Å². The van der Waals surface area contributed by atoms with E-state index >= 15 is 0 Å². The van der Waals surface area contributed by atoms with Gasteiger partial charge in [-0.05, 0) is 36.5 Å². The Balaban J connectivity index is 1.54. The van der Waals surface area contributed by atoms with Gasteiger partial charge in [-0.3, -0.25) is 9.69 Å². The number of nitrogens with one attached hydrogen (secondary N) is 1. The van der Waals surface area contributed by atoms with Crippen LogP contribution >= 0.6 is 0 Å².